The number of nitrogens with zero attached hydrogens (tertiary/aromatic N) is 1. The number of thioether (sulfide) groups is 1. The highest BCUT2D eigenvalue weighted by molar-refractivity contribution is 8.18. The molecule has 1 saturated heterocycles. The van der Waals surface area contributed by atoms with E-state index < -0.39 is 23.0 Å². The Morgan fingerprint density at radius 2 is 1.81 bits per heavy atom. The van der Waals surface area contributed by atoms with Gasteiger partial charge in [-0.2, -0.15) is 0 Å². The van der Waals surface area contributed by atoms with Crippen LogP contribution >= 0.6 is 11.8 Å². The highest BCUT2D eigenvalue weighted by atomic mass is 32.2. The van der Waals surface area contributed by atoms with Gasteiger partial charge in [0.05, 0.1) is 18.1 Å². The quantitative estimate of drug-likeness (QED) is 0.370. The number of anilines is 1. The van der Waals surface area contributed by atoms with E-state index in [1.54, 1.807) is 44.2 Å². The average molecular weight is 513 g/mol. The summed E-state index contributed by atoms with van der Waals surface area (Å²) in [6, 6.07) is 10.4. The van der Waals surface area contributed by atoms with Crippen LogP contribution in [-0.2, 0) is 19.1 Å². The molecule has 0 aliphatic carbocycles. The van der Waals surface area contributed by atoms with Crippen molar-refractivity contribution in [3.05, 3.63) is 58.0 Å². The summed E-state index contributed by atoms with van der Waals surface area (Å²) >= 11 is 0.759. The smallest absolute Gasteiger partial charge is 0.344 e. The predicted molar refractivity (Wildman–Crippen MR) is 137 cm³/mol. The first-order valence-electron chi connectivity index (χ1n) is 11.4. The molecule has 1 aliphatic heterocycles. The Labute approximate surface area is 213 Å². The first-order chi connectivity index (χ1) is 17.2. The molecule has 0 atom stereocenters. The Morgan fingerprint density at radius 1 is 1.03 bits per heavy atom. The zero-order valence-corrected chi connectivity index (χ0v) is 21.4. The Hall–Kier alpha value is -3.79. The SMILES string of the molecule is CCOC(=O)COc1ccc(/C=C2\SC(=O)N(CC(=O)Nc3cccc(C)c3C)C2=O)cc1OCC. The number of nitrogens with one attached hydrogen (secondary N) is 1. The fourth-order valence-electron chi connectivity index (χ4n) is 3.35. The molecular formula is C26H28N2O7S. The third-order valence-electron chi connectivity index (χ3n) is 5.27. The number of hydrogen-bond donors (Lipinski definition) is 1. The van der Waals surface area contributed by atoms with E-state index in [1.165, 1.54) is 0 Å². The van der Waals surface area contributed by atoms with Crippen molar-refractivity contribution in [2.45, 2.75) is 27.7 Å². The molecule has 0 bridgehead atoms. The molecule has 0 spiro atoms. The third-order valence-corrected chi connectivity index (χ3v) is 6.18. The summed E-state index contributed by atoms with van der Waals surface area (Å²) in [5.74, 6) is -0.795. The number of imide groups is 1. The van der Waals surface area contributed by atoms with Crippen molar-refractivity contribution in [1.29, 1.82) is 0 Å². The summed E-state index contributed by atoms with van der Waals surface area (Å²) < 4.78 is 16.0. The van der Waals surface area contributed by atoms with Crippen molar-refractivity contribution in [1.82, 2.24) is 4.90 Å². The van der Waals surface area contributed by atoms with Crippen LogP contribution in [0.2, 0.25) is 0 Å². The summed E-state index contributed by atoms with van der Waals surface area (Å²) in [6.45, 7) is 7.27. The van der Waals surface area contributed by atoms with Gasteiger partial charge in [-0.3, -0.25) is 19.3 Å². The lowest BCUT2D eigenvalue weighted by Crippen LogP contribution is -2.36. The molecule has 0 unspecified atom stereocenters. The molecule has 0 radical (unpaired) electrons. The zero-order valence-electron chi connectivity index (χ0n) is 20.6. The van der Waals surface area contributed by atoms with Gasteiger partial charge in [-0.1, -0.05) is 18.2 Å². The van der Waals surface area contributed by atoms with Crippen LogP contribution < -0.4 is 14.8 Å². The van der Waals surface area contributed by atoms with Crippen LogP contribution in [0.1, 0.15) is 30.5 Å². The van der Waals surface area contributed by atoms with Crippen molar-refractivity contribution in [3.63, 3.8) is 0 Å². The molecule has 36 heavy (non-hydrogen) atoms. The molecule has 9 nitrogen and oxygen atoms in total. The van der Waals surface area contributed by atoms with Crippen LogP contribution in [0.3, 0.4) is 0 Å². The molecule has 1 heterocycles. The van der Waals surface area contributed by atoms with Crippen LogP contribution in [0.4, 0.5) is 10.5 Å². The van der Waals surface area contributed by atoms with Gasteiger partial charge in [-0.05, 0) is 80.4 Å². The van der Waals surface area contributed by atoms with E-state index in [2.05, 4.69) is 5.32 Å². The molecule has 0 saturated carbocycles. The molecule has 2 aromatic rings. The second-order valence-electron chi connectivity index (χ2n) is 7.80. The maximum atomic E-state index is 12.9. The molecule has 1 fully saturated rings. The van der Waals surface area contributed by atoms with Gasteiger partial charge in [-0.15, -0.1) is 0 Å². The predicted octanol–water partition coefficient (Wildman–Crippen LogP) is 4.32. The number of benzene rings is 2. The topological polar surface area (TPSA) is 111 Å². The summed E-state index contributed by atoms with van der Waals surface area (Å²) in [5, 5.41) is 2.24. The van der Waals surface area contributed by atoms with E-state index in [0.717, 1.165) is 27.8 Å². The van der Waals surface area contributed by atoms with E-state index in [1.807, 2.05) is 26.0 Å². The normalized spacial score (nSPS) is 14.2. The van der Waals surface area contributed by atoms with Crippen molar-refractivity contribution >= 4 is 46.5 Å². The molecule has 2 aromatic carbocycles. The van der Waals surface area contributed by atoms with E-state index >= 15 is 0 Å². The molecule has 1 aliphatic rings. The fraction of sp³-hybridized carbons (Fsp3) is 0.308. The van der Waals surface area contributed by atoms with Crippen LogP contribution in [-0.4, -0.2) is 54.3 Å². The highest BCUT2D eigenvalue weighted by Crippen LogP contribution is 2.34. The summed E-state index contributed by atoms with van der Waals surface area (Å²) in [7, 11) is 0. The van der Waals surface area contributed by atoms with Gasteiger partial charge < -0.3 is 19.5 Å². The minimum Gasteiger partial charge on any atom is -0.490 e. The third kappa shape index (κ3) is 6.66. The van der Waals surface area contributed by atoms with Gasteiger partial charge >= 0.3 is 5.97 Å². The number of aryl methyl sites for hydroxylation is 1. The Kier molecular flexibility index (Phi) is 9.13. The molecule has 0 aromatic heterocycles. The van der Waals surface area contributed by atoms with Gasteiger partial charge in [0, 0.05) is 5.69 Å². The summed E-state index contributed by atoms with van der Waals surface area (Å²) in [4.78, 5) is 50.6. The molecule has 3 amide bonds. The minimum absolute atomic E-state index is 0.183. The number of hydrogen-bond acceptors (Lipinski definition) is 8. The van der Waals surface area contributed by atoms with Crippen molar-refractivity contribution in [2.75, 3.05) is 31.7 Å². The van der Waals surface area contributed by atoms with Crippen LogP contribution in [0, 0.1) is 13.8 Å². The fourth-order valence-corrected chi connectivity index (χ4v) is 4.19. The summed E-state index contributed by atoms with van der Waals surface area (Å²) in [6.07, 6.45) is 1.55. The number of carbonyl (C=O) groups excluding carboxylic acids is 4. The molecular weight excluding hydrogens is 484 g/mol. The van der Waals surface area contributed by atoms with Crippen molar-refractivity contribution in [2.24, 2.45) is 0 Å². The first-order valence-corrected chi connectivity index (χ1v) is 12.2. The molecule has 1 N–H and O–H groups in total. The second kappa shape index (κ2) is 12.3. The summed E-state index contributed by atoms with van der Waals surface area (Å²) in [5.41, 5.74) is 3.16. The lowest BCUT2D eigenvalue weighted by Gasteiger charge is -2.14. The maximum absolute atomic E-state index is 12.9. The molecule has 10 heteroatoms. The van der Waals surface area contributed by atoms with E-state index in [-0.39, 0.29) is 24.7 Å². The van der Waals surface area contributed by atoms with E-state index in [9.17, 15) is 19.2 Å². The van der Waals surface area contributed by atoms with Gasteiger partial charge in [0.1, 0.15) is 6.54 Å². The average Bonchev–Trinajstić information content (AvgIpc) is 3.09. The standard InChI is InChI=1S/C26H28N2O7S/c1-5-33-21-12-18(10-11-20(21)35-15-24(30)34-6-2)13-22-25(31)28(26(32)36-22)14-23(29)27-19-9-7-8-16(3)17(19)4/h7-13H,5-6,14-15H2,1-4H3,(H,27,29)/b22-13-. The Balaban J connectivity index is 1.71. The minimum atomic E-state index is -0.554. The maximum Gasteiger partial charge on any atom is 0.344 e. The lowest BCUT2D eigenvalue weighted by atomic mass is 10.1. The number of amides is 3. The van der Waals surface area contributed by atoms with Crippen LogP contribution in [0.25, 0.3) is 6.08 Å². The number of ether oxygens (including phenoxy) is 3. The van der Waals surface area contributed by atoms with Crippen molar-refractivity contribution < 1.29 is 33.4 Å². The Morgan fingerprint density at radius 3 is 2.53 bits per heavy atom. The highest BCUT2D eigenvalue weighted by Gasteiger charge is 2.36. The number of rotatable bonds is 10. The Bertz CT molecular complexity index is 1210. The zero-order chi connectivity index (χ0) is 26.2. The number of esters is 1. The van der Waals surface area contributed by atoms with Gasteiger partial charge in [0.2, 0.25) is 5.91 Å². The monoisotopic (exact) mass is 512 g/mol. The molecule has 3 rings (SSSR count). The largest absolute Gasteiger partial charge is 0.490 e. The second-order valence-corrected chi connectivity index (χ2v) is 8.79. The van der Waals surface area contributed by atoms with Crippen LogP contribution in [0.5, 0.6) is 11.5 Å². The number of carbonyl (C=O) groups is 4. The van der Waals surface area contributed by atoms with Gasteiger partial charge in [0.25, 0.3) is 11.1 Å². The van der Waals surface area contributed by atoms with E-state index in [4.69, 9.17) is 14.2 Å². The molecule has 190 valence electrons. The van der Waals surface area contributed by atoms with Crippen LogP contribution in [0.15, 0.2) is 41.3 Å². The van der Waals surface area contributed by atoms with E-state index in [0.29, 0.717) is 29.4 Å². The van der Waals surface area contributed by atoms with Crippen molar-refractivity contribution in [3.8, 4) is 11.5 Å². The van der Waals surface area contributed by atoms with Gasteiger partial charge in [-0.25, -0.2) is 4.79 Å². The lowest BCUT2D eigenvalue weighted by molar-refractivity contribution is -0.145. The van der Waals surface area contributed by atoms with Gasteiger partial charge in [0.15, 0.2) is 18.1 Å². The first kappa shape index (κ1) is 26.8.